The van der Waals surface area contributed by atoms with E-state index in [1.165, 1.54) is 14.2 Å². The van der Waals surface area contributed by atoms with Crippen LogP contribution in [0.3, 0.4) is 0 Å². The van der Waals surface area contributed by atoms with Gasteiger partial charge in [-0.1, -0.05) is 58.7 Å². The van der Waals surface area contributed by atoms with E-state index in [2.05, 4.69) is 15.9 Å². The minimum atomic E-state index is -1.28. The highest BCUT2D eigenvalue weighted by molar-refractivity contribution is 9.10. The second-order valence-electron chi connectivity index (χ2n) is 6.49. The first-order valence-corrected chi connectivity index (χ1v) is 10.2. The molecule has 0 unspecified atom stereocenters. The van der Waals surface area contributed by atoms with Crippen molar-refractivity contribution >= 4 is 45.3 Å². The van der Waals surface area contributed by atoms with Crippen molar-refractivity contribution in [2.75, 3.05) is 14.2 Å². The monoisotopic (exact) mass is 480 g/mol. The molecule has 0 amide bonds. The van der Waals surface area contributed by atoms with Gasteiger partial charge < -0.3 is 9.47 Å². The summed E-state index contributed by atoms with van der Waals surface area (Å²) in [4.78, 5) is 38.5. The first kappa shape index (κ1) is 23.1. The van der Waals surface area contributed by atoms with Crippen LogP contribution < -0.4 is 0 Å². The number of carbonyl (C=O) groups excluding carboxylic acids is 3. The highest BCUT2D eigenvalue weighted by Gasteiger charge is 2.44. The standard InChI is InChI=1S/C22H22BrClO5/c1-4-17(20(25)14-5-9-15(23)10-6-14)18(13-7-11-16(24)12-8-13)19(21(26)28-2)22(27)29-3/h5-12,17-19H,4H2,1-3H3/t17-,18-/m0/s1. The zero-order chi connectivity index (χ0) is 21.6. The smallest absolute Gasteiger partial charge is 0.320 e. The lowest BCUT2D eigenvalue weighted by molar-refractivity contribution is -0.160. The Kier molecular flexibility index (Phi) is 8.41. The van der Waals surface area contributed by atoms with E-state index in [0.29, 0.717) is 22.6 Å². The number of esters is 2. The molecule has 2 atom stereocenters. The van der Waals surface area contributed by atoms with Crippen LogP contribution in [0.25, 0.3) is 0 Å². The lowest BCUT2D eigenvalue weighted by Gasteiger charge is -2.30. The maximum absolute atomic E-state index is 13.3. The third-order valence-corrected chi connectivity index (χ3v) is 5.64. The van der Waals surface area contributed by atoms with E-state index in [1.807, 2.05) is 6.92 Å². The van der Waals surface area contributed by atoms with Crippen LogP contribution in [0.1, 0.15) is 35.2 Å². The van der Waals surface area contributed by atoms with E-state index in [0.717, 1.165) is 4.47 Å². The Bertz CT molecular complexity index is 848. The molecule has 0 saturated carbocycles. The van der Waals surface area contributed by atoms with Gasteiger partial charge in [0.2, 0.25) is 0 Å². The first-order valence-electron chi connectivity index (χ1n) is 9.04. The van der Waals surface area contributed by atoms with Gasteiger partial charge in [-0.25, -0.2) is 0 Å². The van der Waals surface area contributed by atoms with Crippen molar-refractivity contribution in [1.82, 2.24) is 0 Å². The number of halogens is 2. The molecule has 0 fully saturated rings. The Morgan fingerprint density at radius 2 is 1.45 bits per heavy atom. The lowest BCUT2D eigenvalue weighted by Crippen LogP contribution is -2.38. The van der Waals surface area contributed by atoms with Crippen molar-refractivity contribution in [2.45, 2.75) is 19.3 Å². The Hall–Kier alpha value is -2.18. The van der Waals surface area contributed by atoms with E-state index in [4.69, 9.17) is 21.1 Å². The van der Waals surface area contributed by atoms with Crippen LogP contribution in [0.5, 0.6) is 0 Å². The number of ketones is 1. The molecule has 154 valence electrons. The highest BCUT2D eigenvalue weighted by atomic mass is 79.9. The van der Waals surface area contributed by atoms with Crippen molar-refractivity contribution in [1.29, 1.82) is 0 Å². The maximum Gasteiger partial charge on any atom is 0.320 e. The number of rotatable bonds is 8. The summed E-state index contributed by atoms with van der Waals surface area (Å²) in [7, 11) is 2.41. The van der Waals surface area contributed by atoms with Gasteiger partial charge in [0.05, 0.1) is 14.2 Å². The van der Waals surface area contributed by atoms with Gasteiger partial charge in [0.15, 0.2) is 11.7 Å². The van der Waals surface area contributed by atoms with Crippen LogP contribution in [0.2, 0.25) is 5.02 Å². The Morgan fingerprint density at radius 1 is 0.931 bits per heavy atom. The molecule has 0 aliphatic rings. The van der Waals surface area contributed by atoms with Gasteiger partial charge >= 0.3 is 11.9 Å². The van der Waals surface area contributed by atoms with Crippen molar-refractivity contribution in [3.63, 3.8) is 0 Å². The summed E-state index contributed by atoms with van der Waals surface area (Å²) >= 11 is 9.36. The number of Topliss-reactive ketones (excluding diaryl/α,β-unsaturated/α-hetero) is 1. The molecular formula is C22H22BrClO5. The number of benzene rings is 2. The topological polar surface area (TPSA) is 69.7 Å². The lowest BCUT2D eigenvalue weighted by atomic mass is 9.72. The molecule has 0 heterocycles. The summed E-state index contributed by atoms with van der Waals surface area (Å²) in [6, 6.07) is 13.7. The second kappa shape index (κ2) is 10.6. The molecule has 29 heavy (non-hydrogen) atoms. The normalized spacial score (nSPS) is 12.9. The zero-order valence-electron chi connectivity index (χ0n) is 16.4. The Labute approximate surface area is 183 Å². The minimum Gasteiger partial charge on any atom is -0.468 e. The summed E-state index contributed by atoms with van der Waals surface area (Å²) in [5, 5.41) is 0.507. The first-order chi connectivity index (χ1) is 13.8. The van der Waals surface area contributed by atoms with Crippen molar-refractivity contribution < 1.29 is 23.9 Å². The predicted molar refractivity (Wildman–Crippen MR) is 114 cm³/mol. The Morgan fingerprint density at radius 3 is 1.90 bits per heavy atom. The molecule has 0 N–H and O–H groups in total. The fourth-order valence-electron chi connectivity index (χ4n) is 3.42. The van der Waals surface area contributed by atoms with Crippen LogP contribution in [0.4, 0.5) is 0 Å². The third kappa shape index (κ3) is 5.46. The zero-order valence-corrected chi connectivity index (χ0v) is 18.7. The van der Waals surface area contributed by atoms with Crippen LogP contribution in [-0.4, -0.2) is 31.9 Å². The molecule has 0 spiro atoms. The fourth-order valence-corrected chi connectivity index (χ4v) is 3.81. The summed E-state index contributed by atoms with van der Waals surface area (Å²) in [5.41, 5.74) is 1.13. The number of methoxy groups -OCH3 is 2. The molecule has 2 aromatic carbocycles. The summed E-state index contributed by atoms with van der Waals surface area (Å²) in [6.45, 7) is 1.84. The van der Waals surface area contributed by atoms with Gasteiger partial charge in [0.25, 0.3) is 0 Å². The summed E-state index contributed by atoms with van der Waals surface area (Å²) < 4.78 is 10.6. The van der Waals surface area contributed by atoms with Crippen molar-refractivity contribution in [3.8, 4) is 0 Å². The fraction of sp³-hybridized carbons (Fsp3) is 0.318. The quantitative estimate of drug-likeness (QED) is 0.299. The minimum absolute atomic E-state index is 0.169. The van der Waals surface area contributed by atoms with E-state index in [1.54, 1.807) is 48.5 Å². The van der Waals surface area contributed by atoms with Gasteiger partial charge in [-0.15, -0.1) is 0 Å². The summed E-state index contributed by atoms with van der Waals surface area (Å²) in [6.07, 6.45) is 0.409. The largest absolute Gasteiger partial charge is 0.468 e. The SMILES string of the molecule is CC[C@H](C(=O)c1ccc(Br)cc1)[C@H](c1ccc(Cl)cc1)C(C(=O)OC)C(=O)OC. The van der Waals surface area contributed by atoms with Gasteiger partial charge in [-0.2, -0.15) is 0 Å². The molecule has 7 heteroatoms. The van der Waals surface area contributed by atoms with E-state index in [-0.39, 0.29) is 5.78 Å². The van der Waals surface area contributed by atoms with E-state index < -0.39 is 29.7 Å². The second-order valence-corrected chi connectivity index (χ2v) is 7.84. The van der Waals surface area contributed by atoms with Crippen LogP contribution in [-0.2, 0) is 19.1 Å². The molecule has 0 radical (unpaired) electrons. The van der Waals surface area contributed by atoms with E-state index >= 15 is 0 Å². The van der Waals surface area contributed by atoms with Gasteiger partial charge in [-0.05, 0) is 36.2 Å². The highest BCUT2D eigenvalue weighted by Crippen LogP contribution is 2.38. The molecule has 2 aromatic rings. The van der Waals surface area contributed by atoms with Crippen LogP contribution >= 0.6 is 27.5 Å². The number of ether oxygens (including phenoxy) is 2. The van der Waals surface area contributed by atoms with E-state index in [9.17, 15) is 14.4 Å². The Balaban J connectivity index is 2.60. The van der Waals surface area contributed by atoms with Gasteiger partial charge in [-0.3, -0.25) is 14.4 Å². The van der Waals surface area contributed by atoms with Gasteiger partial charge in [0, 0.05) is 26.9 Å². The van der Waals surface area contributed by atoms with Crippen LogP contribution in [0.15, 0.2) is 53.0 Å². The predicted octanol–water partition coefficient (Wildman–Crippen LogP) is 5.06. The van der Waals surface area contributed by atoms with Gasteiger partial charge in [0.1, 0.15) is 0 Å². The average molecular weight is 482 g/mol. The van der Waals surface area contributed by atoms with Crippen molar-refractivity contribution in [2.24, 2.45) is 11.8 Å². The molecule has 0 aliphatic heterocycles. The van der Waals surface area contributed by atoms with Crippen molar-refractivity contribution in [3.05, 3.63) is 69.2 Å². The summed E-state index contributed by atoms with van der Waals surface area (Å²) in [5.74, 6) is -4.38. The molecule has 2 rings (SSSR count). The number of hydrogen-bond donors (Lipinski definition) is 0. The van der Waals surface area contributed by atoms with Crippen LogP contribution in [0, 0.1) is 11.8 Å². The molecule has 5 nitrogen and oxygen atoms in total. The molecule has 0 aliphatic carbocycles. The average Bonchev–Trinajstić information content (AvgIpc) is 2.73. The molecule has 0 bridgehead atoms. The number of hydrogen-bond acceptors (Lipinski definition) is 5. The molecule has 0 aromatic heterocycles. The third-order valence-electron chi connectivity index (χ3n) is 4.86. The maximum atomic E-state index is 13.3. The molecular weight excluding hydrogens is 460 g/mol. The number of carbonyl (C=O) groups is 3. The molecule has 0 saturated heterocycles.